The van der Waals surface area contributed by atoms with E-state index in [2.05, 4.69) is 21.1 Å². The second-order valence-electron chi connectivity index (χ2n) is 4.47. The van der Waals surface area contributed by atoms with Crippen LogP contribution in [0.1, 0.15) is 22.3 Å². The van der Waals surface area contributed by atoms with Crippen LogP contribution in [0, 0.1) is 22.7 Å². The lowest BCUT2D eigenvalue weighted by Gasteiger charge is -1.99. The lowest BCUT2D eigenvalue weighted by atomic mass is 10.1. The molecule has 0 radical (unpaired) electrons. The zero-order valence-electron chi connectivity index (χ0n) is 12.5. The van der Waals surface area contributed by atoms with Crippen LogP contribution in [0.5, 0.6) is 0 Å². The number of nitriles is 2. The lowest BCUT2D eigenvalue weighted by Crippen LogP contribution is -2.28. The largest absolute Gasteiger partial charge is 0.355 e. The van der Waals surface area contributed by atoms with E-state index in [0.717, 1.165) is 0 Å². The molecule has 0 saturated heterocycles. The van der Waals surface area contributed by atoms with Crippen LogP contribution in [-0.2, 0) is 0 Å². The molecular weight excluding hydrogens is 304 g/mol. The number of carbonyl (C=O) groups excluding carboxylic acids is 1. The van der Waals surface area contributed by atoms with E-state index in [9.17, 15) is 4.79 Å². The molecule has 0 spiro atoms. The number of rotatable bonds is 4. The second kappa shape index (κ2) is 8.47. The maximum atomic E-state index is 11.6. The third kappa shape index (κ3) is 4.52. The van der Waals surface area contributed by atoms with Gasteiger partial charge in [-0.15, -0.1) is 0 Å². The average Bonchev–Trinajstić information content (AvgIpc) is 2.62. The van der Waals surface area contributed by atoms with E-state index >= 15 is 0 Å². The Morgan fingerprint density at radius 2 is 1.25 bits per heavy atom. The Labute approximate surface area is 138 Å². The smallest absolute Gasteiger partial charge is 0.245 e. The molecule has 7 heteroatoms. The van der Waals surface area contributed by atoms with Crippen molar-refractivity contribution in [1.82, 2.24) is 10.9 Å². The molecule has 0 saturated carbocycles. The molecule has 2 aromatic carbocycles. The van der Waals surface area contributed by atoms with Crippen LogP contribution in [0.3, 0.4) is 0 Å². The zero-order chi connectivity index (χ0) is 17.2. The van der Waals surface area contributed by atoms with E-state index in [-0.39, 0.29) is 0 Å². The van der Waals surface area contributed by atoms with E-state index in [1.54, 1.807) is 48.5 Å². The molecule has 24 heavy (non-hydrogen) atoms. The Balaban J connectivity index is 1.90. The molecule has 7 nitrogen and oxygen atoms in total. The predicted octanol–water partition coefficient (Wildman–Crippen LogP) is 2.10. The molecule has 0 bridgehead atoms. The number of hydrogen-bond acceptors (Lipinski definition) is 5. The first-order valence-electron chi connectivity index (χ1n) is 6.85. The Bertz CT molecular complexity index is 802. The predicted molar refractivity (Wildman–Crippen MR) is 89.2 cm³/mol. The number of carbonyl (C=O) groups is 1. The fourth-order valence-electron chi connectivity index (χ4n) is 1.77. The minimum absolute atomic E-state index is 0.453. The maximum absolute atomic E-state index is 11.6. The van der Waals surface area contributed by atoms with E-state index in [4.69, 9.17) is 10.5 Å². The van der Waals surface area contributed by atoms with Crippen molar-refractivity contribution >= 4 is 18.5 Å². The molecule has 0 aliphatic heterocycles. The van der Waals surface area contributed by atoms with Crippen molar-refractivity contribution in [3.05, 3.63) is 70.8 Å². The van der Waals surface area contributed by atoms with Crippen LogP contribution in [0.15, 0.2) is 58.7 Å². The van der Waals surface area contributed by atoms with Crippen molar-refractivity contribution in [1.29, 1.82) is 10.5 Å². The molecule has 2 N–H and O–H groups in total. The van der Waals surface area contributed by atoms with Gasteiger partial charge in [0.25, 0.3) is 0 Å². The Kier molecular flexibility index (Phi) is 5.79. The highest BCUT2D eigenvalue weighted by Gasteiger charge is 1.99. The lowest BCUT2D eigenvalue weighted by molar-refractivity contribution is 0.242. The van der Waals surface area contributed by atoms with Gasteiger partial charge in [-0.2, -0.15) is 20.7 Å². The summed E-state index contributed by atoms with van der Waals surface area (Å²) < 4.78 is 0. The molecule has 0 aliphatic rings. The molecule has 0 aromatic heterocycles. The normalized spacial score (nSPS) is 10.2. The molecule has 0 aliphatic carbocycles. The highest BCUT2D eigenvalue weighted by molar-refractivity contribution is 5.86. The van der Waals surface area contributed by atoms with Gasteiger partial charge in [-0.3, -0.25) is 0 Å². The van der Waals surface area contributed by atoms with Gasteiger partial charge in [0, 0.05) is 11.1 Å². The molecule has 116 valence electrons. The molecule has 0 fully saturated rings. The molecule has 2 rings (SSSR count). The van der Waals surface area contributed by atoms with Crippen molar-refractivity contribution < 1.29 is 4.79 Å². The number of urea groups is 1. The van der Waals surface area contributed by atoms with Gasteiger partial charge in [0.1, 0.15) is 0 Å². The first kappa shape index (κ1) is 16.4. The Morgan fingerprint density at radius 1 is 0.833 bits per heavy atom. The van der Waals surface area contributed by atoms with E-state index in [0.29, 0.717) is 22.3 Å². The first-order valence-corrected chi connectivity index (χ1v) is 6.85. The molecular formula is C17H12N6O. The van der Waals surface area contributed by atoms with Crippen molar-refractivity contribution in [2.24, 2.45) is 10.2 Å². The van der Waals surface area contributed by atoms with E-state index < -0.39 is 6.03 Å². The zero-order valence-corrected chi connectivity index (χ0v) is 12.5. The van der Waals surface area contributed by atoms with Crippen molar-refractivity contribution in [2.75, 3.05) is 0 Å². The highest BCUT2D eigenvalue weighted by atomic mass is 16.2. The Hall–Kier alpha value is -3.97. The van der Waals surface area contributed by atoms with Crippen LogP contribution in [-0.4, -0.2) is 18.5 Å². The molecule has 2 amide bonds. The minimum Gasteiger partial charge on any atom is -0.245 e. The van der Waals surface area contributed by atoms with Crippen LogP contribution in [0.25, 0.3) is 0 Å². The molecule has 0 atom stereocenters. The maximum Gasteiger partial charge on any atom is 0.355 e. The number of amides is 2. The summed E-state index contributed by atoms with van der Waals surface area (Å²) in [4.78, 5) is 11.6. The summed E-state index contributed by atoms with van der Waals surface area (Å²) in [7, 11) is 0. The number of nitrogens with one attached hydrogen (secondary N) is 2. The van der Waals surface area contributed by atoms with Gasteiger partial charge in [-0.25, -0.2) is 15.6 Å². The SMILES string of the molecule is N#Cc1ccccc1C=NNC(=O)NN=Cc1ccccc1C#N. The van der Waals surface area contributed by atoms with Gasteiger partial charge in [-0.1, -0.05) is 36.4 Å². The van der Waals surface area contributed by atoms with Gasteiger partial charge in [-0.05, 0) is 12.1 Å². The topological polar surface area (TPSA) is 113 Å². The molecule has 0 unspecified atom stereocenters. The second-order valence-corrected chi connectivity index (χ2v) is 4.47. The summed E-state index contributed by atoms with van der Waals surface area (Å²) in [6.45, 7) is 0. The third-order valence-corrected chi connectivity index (χ3v) is 2.90. The van der Waals surface area contributed by atoms with Crippen molar-refractivity contribution in [2.45, 2.75) is 0 Å². The van der Waals surface area contributed by atoms with Gasteiger partial charge in [0.15, 0.2) is 0 Å². The van der Waals surface area contributed by atoms with Gasteiger partial charge in [0.2, 0.25) is 0 Å². The summed E-state index contributed by atoms with van der Waals surface area (Å²) in [5.74, 6) is 0. The summed E-state index contributed by atoms with van der Waals surface area (Å²) in [5, 5.41) is 25.4. The summed E-state index contributed by atoms with van der Waals surface area (Å²) in [5.41, 5.74) is 6.54. The monoisotopic (exact) mass is 316 g/mol. The van der Waals surface area contributed by atoms with Crippen molar-refractivity contribution in [3.8, 4) is 12.1 Å². The van der Waals surface area contributed by atoms with Gasteiger partial charge >= 0.3 is 6.03 Å². The molecule has 2 aromatic rings. The number of hydrazone groups is 2. The van der Waals surface area contributed by atoms with Gasteiger partial charge < -0.3 is 0 Å². The number of nitrogens with zero attached hydrogens (tertiary/aromatic N) is 4. The summed E-state index contributed by atoms with van der Waals surface area (Å²) >= 11 is 0. The Morgan fingerprint density at radius 3 is 1.67 bits per heavy atom. The fourth-order valence-corrected chi connectivity index (χ4v) is 1.77. The van der Waals surface area contributed by atoms with Crippen LogP contribution in [0.4, 0.5) is 4.79 Å². The number of benzene rings is 2. The first-order chi connectivity index (χ1) is 11.7. The van der Waals surface area contributed by atoms with Crippen LogP contribution >= 0.6 is 0 Å². The summed E-state index contributed by atoms with van der Waals surface area (Å²) in [6.07, 6.45) is 2.74. The van der Waals surface area contributed by atoms with Crippen molar-refractivity contribution in [3.63, 3.8) is 0 Å². The van der Waals surface area contributed by atoms with E-state index in [1.165, 1.54) is 12.4 Å². The standard InChI is InChI=1S/C17H12N6O/c18-9-13-5-1-3-7-15(13)11-20-22-17(24)23-21-12-16-8-4-2-6-14(16)10-19/h1-8,11-12H,(H2,22,23,24). The van der Waals surface area contributed by atoms with Crippen LogP contribution in [0.2, 0.25) is 0 Å². The third-order valence-electron chi connectivity index (χ3n) is 2.90. The summed E-state index contributed by atoms with van der Waals surface area (Å²) in [6, 6.07) is 17.1. The van der Waals surface area contributed by atoms with E-state index in [1.807, 2.05) is 12.1 Å². The average molecular weight is 316 g/mol. The van der Waals surface area contributed by atoms with Crippen LogP contribution < -0.4 is 10.9 Å². The minimum atomic E-state index is -0.647. The quantitative estimate of drug-likeness (QED) is 0.665. The van der Waals surface area contributed by atoms with Gasteiger partial charge in [0.05, 0.1) is 35.7 Å². The fraction of sp³-hybridized carbons (Fsp3) is 0. The number of hydrogen-bond donors (Lipinski definition) is 2. The highest BCUT2D eigenvalue weighted by Crippen LogP contribution is 2.04. The molecule has 0 heterocycles.